The van der Waals surface area contributed by atoms with Gasteiger partial charge >= 0.3 is 0 Å². The third kappa shape index (κ3) is 3.71. The number of likely N-dealkylation sites (N-methyl/N-ethyl adjacent to an activating group) is 1. The Balaban J connectivity index is 2.70. The van der Waals surface area contributed by atoms with Gasteiger partial charge in [0.2, 0.25) is 0 Å². The minimum Gasteiger partial charge on any atom is -0.481 e. The first-order valence-corrected chi connectivity index (χ1v) is 5.22. The van der Waals surface area contributed by atoms with Gasteiger partial charge in [-0.25, -0.2) is 4.39 Å². The van der Waals surface area contributed by atoms with Gasteiger partial charge < -0.3 is 14.7 Å². The number of benzene rings is 1. The summed E-state index contributed by atoms with van der Waals surface area (Å²) in [7, 11) is 3.19. The SMILES string of the molecule is CC(O)c1ccc(OCC(=O)N(C)C)c(F)c1. The Kier molecular flexibility index (Phi) is 4.45. The van der Waals surface area contributed by atoms with E-state index in [-0.39, 0.29) is 18.3 Å². The normalized spacial score (nSPS) is 12.1. The molecule has 17 heavy (non-hydrogen) atoms. The Bertz CT molecular complexity index is 405. The van der Waals surface area contributed by atoms with Crippen LogP contribution in [0.15, 0.2) is 18.2 Å². The lowest BCUT2D eigenvalue weighted by molar-refractivity contribution is -0.130. The highest BCUT2D eigenvalue weighted by Gasteiger charge is 2.10. The molecule has 0 fully saturated rings. The zero-order valence-electron chi connectivity index (χ0n) is 10.1. The fourth-order valence-electron chi connectivity index (χ4n) is 1.16. The van der Waals surface area contributed by atoms with E-state index in [1.165, 1.54) is 17.0 Å². The molecule has 0 aliphatic rings. The van der Waals surface area contributed by atoms with Crippen LogP contribution in [0.5, 0.6) is 5.75 Å². The molecule has 1 aromatic rings. The predicted octanol–water partition coefficient (Wildman–Crippen LogP) is 1.35. The van der Waals surface area contributed by atoms with Crippen LogP contribution in [0.3, 0.4) is 0 Å². The summed E-state index contributed by atoms with van der Waals surface area (Å²) in [6.07, 6.45) is -0.734. The van der Waals surface area contributed by atoms with E-state index in [9.17, 15) is 14.3 Å². The molecular formula is C12H16FNO3. The summed E-state index contributed by atoms with van der Waals surface area (Å²) < 4.78 is 18.5. The van der Waals surface area contributed by atoms with Gasteiger partial charge in [0.25, 0.3) is 5.91 Å². The van der Waals surface area contributed by atoms with E-state index in [0.717, 1.165) is 0 Å². The second kappa shape index (κ2) is 5.63. The molecule has 0 saturated heterocycles. The molecule has 0 bridgehead atoms. The molecule has 1 amide bonds. The van der Waals surface area contributed by atoms with Gasteiger partial charge in [0, 0.05) is 14.1 Å². The summed E-state index contributed by atoms with van der Waals surface area (Å²) in [6, 6.07) is 4.16. The first-order chi connectivity index (χ1) is 7.91. The van der Waals surface area contributed by atoms with Crippen molar-refractivity contribution < 1.29 is 19.0 Å². The minimum absolute atomic E-state index is 0.00426. The van der Waals surface area contributed by atoms with Gasteiger partial charge in [-0.15, -0.1) is 0 Å². The summed E-state index contributed by atoms with van der Waals surface area (Å²) in [5, 5.41) is 9.26. The van der Waals surface area contributed by atoms with Gasteiger partial charge in [-0.2, -0.15) is 0 Å². The average molecular weight is 241 g/mol. The van der Waals surface area contributed by atoms with Crippen molar-refractivity contribution in [2.24, 2.45) is 0 Å². The van der Waals surface area contributed by atoms with Crippen molar-refractivity contribution in [1.82, 2.24) is 4.90 Å². The molecule has 1 atom stereocenters. The maximum atomic E-state index is 13.5. The molecule has 0 aliphatic heterocycles. The maximum absolute atomic E-state index is 13.5. The van der Waals surface area contributed by atoms with Crippen LogP contribution >= 0.6 is 0 Å². The third-order valence-electron chi connectivity index (χ3n) is 2.29. The highest BCUT2D eigenvalue weighted by Crippen LogP contribution is 2.21. The fourth-order valence-corrected chi connectivity index (χ4v) is 1.16. The van der Waals surface area contributed by atoms with E-state index >= 15 is 0 Å². The molecule has 0 radical (unpaired) electrons. The van der Waals surface area contributed by atoms with Crippen molar-refractivity contribution in [3.8, 4) is 5.75 Å². The van der Waals surface area contributed by atoms with Crippen LogP contribution in [0.4, 0.5) is 4.39 Å². The van der Waals surface area contributed by atoms with E-state index in [1.54, 1.807) is 27.1 Å². The van der Waals surface area contributed by atoms with Crippen LogP contribution in [-0.2, 0) is 4.79 Å². The molecule has 0 heterocycles. The molecule has 1 rings (SSSR count). The summed E-state index contributed by atoms with van der Waals surface area (Å²) in [5.41, 5.74) is 0.466. The molecule has 0 spiro atoms. The highest BCUT2D eigenvalue weighted by atomic mass is 19.1. The predicted molar refractivity (Wildman–Crippen MR) is 61.2 cm³/mol. The summed E-state index contributed by atoms with van der Waals surface area (Å²) in [4.78, 5) is 12.6. The number of aliphatic hydroxyl groups excluding tert-OH is 1. The number of halogens is 1. The van der Waals surface area contributed by atoms with Crippen LogP contribution in [-0.4, -0.2) is 36.6 Å². The number of aliphatic hydroxyl groups is 1. The molecular weight excluding hydrogens is 225 g/mol. The van der Waals surface area contributed by atoms with E-state index < -0.39 is 11.9 Å². The number of rotatable bonds is 4. The van der Waals surface area contributed by atoms with Crippen molar-refractivity contribution in [2.45, 2.75) is 13.0 Å². The molecule has 0 aromatic heterocycles. The minimum atomic E-state index is -0.734. The van der Waals surface area contributed by atoms with Crippen molar-refractivity contribution in [3.63, 3.8) is 0 Å². The van der Waals surface area contributed by atoms with E-state index in [4.69, 9.17) is 4.74 Å². The molecule has 94 valence electrons. The average Bonchev–Trinajstić information content (AvgIpc) is 2.26. The lowest BCUT2D eigenvalue weighted by Gasteiger charge is -2.12. The number of amides is 1. The number of carbonyl (C=O) groups is 1. The Morgan fingerprint density at radius 3 is 2.65 bits per heavy atom. The van der Waals surface area contributed by atoms with Crippen LogP contribution in [0, 0.1) is 5.82 Å². The van der Waals surface area contributed by atoms with Gasteiger partial charge in [0.15, 0.2) is 18.2 Å². The standard InChI is InChI=1S/C12H16FNO3/c1-8(15)9-4-5-11(10(13)6-9)17-7-12(16)14(2)3/h4-6,8,15H,7H2,1-3H3. The smallest absolute Gasteiger partial charge is 0.259 e. The second-order valence-corrected chi connectivity index (χ2v) is 3.94. The lowest BCUT2D eigenvalue weighted by atomic mass is 10.1. The first-order valence-electron chi connectivity index (χ1n) is 5.22. The lowest BCUT2D eigenvalue weighted by Crippen LogP contribution is -2.27. The Hall–Kier alpha value is -1.62. The topological polar surface area (TPSA) is 49.8 Å². The third-order valence-corrected chi connectivity index (χ3v) is 2.29. The fraction of sp³-hybridized carbons (Fsp3) is 0.417. The quantitative estimate of drug-likeness (QED) is 0.865. The summed E-state index contributed by atoms with van der Waals surface area (Å²) in [6.45, 7) is 1.34. The van der Waals surface area contributed by atoms with E-state index in [1.807, 2.05) is 0 Å². The molecule has 4 nitrogen and oxygen atoms in total. The Morgan fingerprint density at radius 2 is 2.18 bits per heavy atom. The van der Waals surface area contributed by atoms with Crippen molar-refractivity contribution in [3.05, 3.63) is 29.6 Å². The first kappa shape index (κ1) is 13.4. The van der Waals surface area contributed by atoms with Crippen molar-refractivity contribution in [1.29, 1.82) is 0 Å². The van der Waals surface area contributed by atoms with Crippen molar-refractivity contribution in [2.75, 3.05) is 20.7 Å². The van der Waals surface area contributed by atoms with E-state index in [2.05, 4.69) is 0 Å². The molecule has 1 N–H and O–H groups in total. The zero-order valence-corrected chi connectivity index (χ0v) is 10.1. The van der Waals surface area contributed by atoms with Gasteiger partial charge in [0.1, 0.15) is 0 Å². The van der Waals surface area contributed by atoms with Gasteiger partial charge in [-0.3, -0.25) is 4.79 Å². The monoisotopic (exact) mass is 241 g/mol. The van der Waals surface area contributed by atoms with Gasteiger partial charge in [0.05, 0.1) is 6.10 Å². The molecule has 5 heteroatoms. The Morgan fingerprint density at radius 1 is 1.53 bits per heavy atom. The van der Waals surface area contributed by atoms with Crippen molar-refractivity contribution >= 4 is 5.91 Å². The number of hydrogen-bond acceptors (Lipinski definition) is 3. The van der Waals surface area contributed by atoms with Crippen LogP contribution in [0.25, 0.3) is 0 Å². The van der Waals surface area contributed by atoms with Crippen LogP contribution in [0.1, 0.15) is 18.6 Å². The van der Waals surface area contributed by atoms with Gasteiger partial charge in [-0.1, -0.05) is 6.07 Å². The van der Waals surface area contributed by atoms with Crippen LogP contribution < -0.4 is 4.74 Å². The number of nitrogens with zero attached hydrogens (tertiary/aromatic N) is 1. The highest BCUT2D eigenvalue weighted by molar-refractivity contribution is 5.77. The second-order valence-electron chi connectivity index (χ2n) is 3.94. The largest absolute Gasteiger partial charge is 0.481 e. The number of hydrogen-bond donors (Lipinski definition) is 1. The molecule has 1 aromatic carbocycles. The number of ether oxygens (including phenoxy) is 1. The van der Waals surface area contributed by atoms with E-state index in [0.29, 0.717) is 5.56 Å². The molecule has 0 saturated carbocycles. The molecule has 0 aliphatic carbocycles. The van der Waals surface area contributed by atoms with Gasteiger partial charge in [-0.05, 0) is 24.6 Å². The summed E-state index contributed by atoms with van der Waals surface area (Å²) >= 11 is 0. The Labute approximate surface area is 99.6 Å². The maximum Gasteiger partial charge on any atom is 0.259 e. The summed E-state index contributed by atoms with van der Waals surface area (Å²) in [5.74, 6) is -0.830. The number of carbonyl (C=O) groups excluding carboxylic acids is 1. The molecule has 1 unspecified atom stereocenters. The van der Waals surface area contributed by atoms with Crippen LogP contribution in [0.2, 0.25) is 0 Å². The zero-order chi connectivity index (χ0) is 13.0.